The monoisotopic (exact) mass is 786 g/mol. The van der Waals surface area contributed by atoms with Crippen molar-refractivity contribution in [2.24, 2.45) is 23.2 Å². The van der Waals surface area contributed by atoms with E-state index in [1.54, 1.807) is 0 Å². The predicted octanol–water partition coefficient (Wildman–Crippen LogP) is 12.1. The van der Waals surface area contributed by atoms with Crippen molar-refractivity contribution in [3.63, 3.8) is 0 Å². The number of esters is 1. The van der Waals surface area contributed by atoms with Gasteiger partial charge in [-0.2, -0.15) is 0 Å². The molecular formula is C52H67NO5. The highest BCUT2D eigenvalue weighted by Gasteiger charge is 2.55. The molecule has 1 unspecified atom stereocenters. The molecule has 58 heavy (non-hydrogen) atoms. The van der Waals surface area contributed by atoms with Crippen LogP contribution in [0.5, 0.6) is 5.75 Å². The molecular weight excluding hydrogens is 719 g/mol. The molecule has 1 atom stereocenters. The zero-order chi connectivity index (χ0) is 40.6. The lowest BCUT2D eigenvalue weighted by molar-refractivity contribution is -0.173. The van der Waals surface area contributed by atoms with Gasteiger partial charge in [-0.15, -0.1) is 0 Å². The maximum Gasteiger partial charge on any atom is 0.312 e. The van der Waals surface area contributed by atoms with Gasteiger partial charge < -0.3 is 24.3 Å². The molecule has 6 nitrogen and oxygen atoms in total. The van der Waals surface area contributed by atoms with Crippen molar-refractivity contribution in [1.29, 1.82) is 0 Å². The Labute approximate surface area is 348 Å². The van der Waals surface area contributed by atoms with Gasteiger partial charge in [-0.05, 0) is 137 Å². The smallest absolute Gasteiger partial charge is 0.312 e. The third kappa shape index (κ3) is 10.4. The molecule has 0 saturated heterocycles. The Morgan fingerprint density at radius 2 is 1.29 bits per heavy atom. The minimum atomic E-state index is -0.200. The second-order valence-electron chi connectivity index (χ2n) is 18.4. The lowest BCUT2D eigenvalue weighted by atomic mass is 9.49. The average Bonchev–Trinajstić information content (AvgIpc) is 3.47. The van der Waals surface area contributed by atoms with Crippen molar-refractivity contribution >= 4 is 17.2 Å². The fraction of sp³-hybridized carbons (Fsp3) is 0.519. The molecule has 4 bridgehead atoms. The van der Waals surface area contributed by atoms with E-state index in [1.807, 2.05) is 12.1 Å². The maximum absolute atomic E-state index is 13.0. The van der Waals surface area contributed by atoms with E-state index in [0.29, 0.717) is 57.4 Å². The van der Waals surface area contributed by atoms with Gasteiger partial charge in [0.05, 0.1) is 31.8 Å². The number of ether oxygens (including phenoxy) is 4. The Morgan fingerprint density at radius 3 is 1.88 bits per heavy atom. The van der Waals surface area contributed by atoms with Gasteiger partial charge in [0.15, 0.2) is 0 Å². The molecule has 6 heteroatoms. The normalized spacial score (nSPS) is 23.4. The standard InChI is InChI=1S/C52H67NO5/c1-35(2)45-29-48(36(3)4)50(49(30-45)37(5)6)34-53-46-16-12-43(13-17-46)41-8-7-9-42(11-10-41)44-14-18-47(19-15-44)57-24-22-55-20-21-56-23-25-58-51(54)52-31-38-26-39(32-52)28-40(27-38)33-52/h7-19,29-30,35-41,53H,20-28,31-34H2,1-6H3. The van der Waals surface area contributed by atoms with Gasteiger partial charge in [-0.25, -0.2) is 0 Å². The first-order valence-corrected chi connectivity index (χ1v) is 22.2. The number of anilines is 1. The first-order valence-electron chi connectivity index (χ1n) is 22.2. The van der Waals surface area contributed by atoms with Gasteiger partial charge in [0.1, 0.15) is 19.0 Å². The van der Waals surface area contributed by atoms with Gasteiger partial charge in [0, 0.05) is 18.2 Å². The van der Waals surface area contributed by atoms with E-state index in [4.69, 9.17) is 18.9 Å². The highest BCUT2D eigenvalue weighted by molar-refractivity contribution is 5.78. The van der Waals surface area contributed by atoms with Crippen LogP contribution in [0, 0.1) is 23.2 Å². The van der Waals surface area contributed by atoms with E-state index in [-0.39, 0.29) is 17.3 Å². The van der Waals surface area contributed by atoms with Crippen molar-refractivity contribution in [3.8, 4) is 5.75 Å². The number of nitrogens with one attached hydrogen (secondary N) is 1. The molecule has 0 heterocycles. The average molecular weight is 786 g/mol. The van der Waals surface area contributed by atoms with Crippen LogP contribution in [0.1, 0.15) is 137 Å². The third-order valence-electron chi connectivity index (χ3n) is 13.1. The topological polar surface area (TPSA) is 66.0 Å². The van der Waals surface area contributed by atoms with Gasteiger partial charge in [-0.1, -0.05) is 108 Å². The molecule has 0 amide bonds. The molecule has 5 aliphatic rings. The Balaban J connectivity index is 0.796. The van der Waals surface area contributed by atoms with E-state index in [1.165, 1.54) is 52.7 Å². The molecule has 0 radical (unpaired) electrons. The number of carbonyl (C=O) groups is 1. The summed E-state index contributed by atoms with van der Waals surface area (Å²) in [6.07, 6.45) is 18.2. The zero-order valence-electron chi connectivity index (χ0n) is 35.9. The van der Waals surface area contributed by atoms with Crippen LogP contribution in [0.15, 0.2) is 91.0 Å². The van der Waals surface area contributed by atoms with E-state index < -0.39 is 0 Å². The minimum Gasteiger partial charge on any atom is -0.491 e. The van der Waals surface area contributed by atoms with Crippen molar-refractivity contribution in [1.82, 2.24) is 0 Å². The largest absolute Gasteiger partial charge is 0.491 e. The van der Waals surface area contributed by atoms with Crippen LogP contribution < -0.4 is 10.1 Å². The molecule has 0 spiro atoms. The Morgan fingerprint density at radius 1 is 0.707 bits per heavy atom. The van der Waals surface area contributed by atoms with Crippen LogP contribution in [0.25, 0.3) is 5.57 Å². The number of carbonyl (C=O) groups excluding carboxylic acids is 1. The first kappa shape index (κ1) is 42.0. The van der Waals surface area contributed by atoms with Crippen LogP contribution in [0.2, 0.25) is 0 Å². The molecule has 5 aliphatic carbocycles. The summed E-state index contributed by atoms with van der Waals surface area (Å²) >= 11 is 0. The molecule has 4 fully saturated rings. The predicted molar refractivity (Wildman–Crippen MR) is 237 cm³/mol. The van der Waals surface area contributed by atoms with Crippen molar-refractivity contribution < 1.29 is 23.7 Å². The quantitative estimate of drug-likeness (QED) is 0.0964. The van der Waals surface area contributed by atoms with Gasteiger partial charge >= 0.3 is 5.97 Å². The highest BCUT2D eigenvalue weighted by Crippen LogP contribution is 2.60. The van der Waals surface area contributed by atoms with E-state index in [9.17, 15) is 4.79 Å². The van der Waals surface area contributed by atoms with Gasteiger partial charge in [-0.3, -0.25) is 4.79 Å². The number of allylic oxidation sites excluding steroid dienone is 6. The van der Waals surface area contributed by atoms with Crippen LogP contribution in [0.3, 0.4) is 0 Å². The number of rotatable bonds is 19. The summed E-state index contributed by atoms with van der Waals surface area (Å²) < 4.78 is 23.0. The van der Waals surface area contributed by atoms with Crippen molar-refractivity contribution in [2.45, 2.75) is 110 Å². The summed E-state index contributed by atoms with van der Waals surface area (Å²) in [5.74, 6) is 4.74. The SMILES string of the molecule is CC(C)c1cc(C(C)C)c(CNc2ccc(C3C=CC=C(c4ccc(OCCOCCOCCOC(=O)C56CC7CC(CC(C7)C5)C6)cc4)C=C3)cc2)c(C(C)C)c1. The molecule has 1 N–H and O–H groups in total. The second-order valence-corrected chi connectivity index (χ2v) is 18.4. The van der Waals surface area contributed by atoms with E-state index in [2.05, 4.69) is 126 Å². The summed E-state index contributed by atoms with van der Waals surface area (Å²) in [6.45, 7) is 17.3. The van der Waals surface area contributed by atoms with Crippen molar-refractivity contribution in [3.05, 3.63) is 124 Å². The Kier molecular flexibility index (Phi) is 14.0. The highest BCUT2D eigenvalue weighted by atomic mass is 16.6. The van der Waals surface area contributed by atoms with Crippen LogP contribution in [-0.2, 0) is 25.5 Å². The first-order chi connectivity index (χ1) is 28.1. The van der Waals surface area contributed by atoms with E-state index in [0.717, 1.165) is 60.6 Å². The molecule has 0 aromatic heterocycles. The molecule has 8 rings (SSSR count). The summed E-state index contributed by atoms with van der Waals surface area (Å²) in [7, 11) is 0. The fourth-order valence-electron chi connectivity index (χ4n) is 10.3. The minimum absolute atomic E-state index is 0.0231. The van der Waals surface area contributed by atoms with Crippen LogP contribution >= 0.6 is 0 Å². The molecule has 3 aromatic carbocycles. The summed E-state index contributed by atoms with van der Waals surface area (Å²) in [4.78, 5) is 13.0. The summed E-state index contributed by atoms with van der Waals surface area (Å²) in [5, 5.41) is 3.74. The summed E-state index contributed by atoms with van der Waals surface area (Å²) in [6, 6.07) is 22.0. The maximum atomic E-state index is 13.0. The third-order valence-corrected chi connectivity index (χ3v) is 13.1. The molecule has 0 aliphatic heterocycles. The van der Waals surface area contributed by atoms with Gasteiger partial charge in [0.2, 0.25) is 0 Å². The molecule has 3 aromatic rings. The fourth-order valence-corrected chi connectivity index (χ4v) is 10.3. The lowest BCUT2D eigenvalue weighted by Crippen LogP contribution is -2.50. The molecule has 4 saturated carbocycles. The molecule has 310 valence electrons. The lowest BCUT2D eigenvalue weighted by Gasteiger charge is -2.55. The summed E-state index contributed by atoms with van der Waals surface area (Å²) in [5.41, 5.74) is 10.3. The number of hydrogen-bond donors (Lipinski definition) is 1. The van der Waals surface area contributed by atoms with Crippen LogP contribution in [0.4, 0.5) is 5.69 Å². The van der Waals surface area contributed by atoms with Gasteiger partial charge in [0.25, 0.3) is 0 Å². The Hall–Kier alpha value is -4.13. The Bertz CT molecular complexity index is 1850. The number of benzene rings is 3. The van der Waals surface area contributed by atoms with E-state index >= 15 is 0 Å². The van der Waals surface area contributed by atoms with Crippen molar-refractivity contribution in [2.75, 3.05) is 45.0 Å². The zero-order valence-corrected chi connectivity index (χ0v) is 35.9. The number of hydrogen-bond acceptors (Lipinski definition) is 6. The second kappa shape index (κ2) is 19.3. The van der Waals surface area contributed by atoms with Crippen LogP contribution in [-0.4, -0.2) is 45.6 Å².